The van der Waals surface area contributed by atoms with Gasteiger partial charge in [0.05, 0.1) is 6.61 Å². The Hall–Kier alpha value is -2.05. The zero-order valence-corrected chi connectivity index (χ0v) is 10.4. The van der Waals surface area contributed by atoms with Gasteiger partial charge in [0, 0.05) is 21.1 Å². The molecule has 94 valence electrons. The Bertz CT molecular complexity index is 383. The third-order valence-electron chi connectivity index (χ3n) is 2.09. The molecule has 3 N–H and O–H groups in total. The molecular formula is C10H17N5O2. The van der Waals surface area contributed by atoms with Gasteiger partial charge in [0.1, 0.15) is 17.2 Å². The van der Waals surface area contributed by atoms with Gasteiger partial charge >= 0.3 is 5.97 Å². The van der Waals surface area contributed by atoms with Gasteiger partial charge in [-0.3, -0.25) is 0 Å². The number of rotatable bonds is 5. The maximum Gasteiger partial charge on any atom is 0.345 e. The molecule has 0 saturated heterocycles. The third-order valence-corrected chi connectivity index (χ3v) is 2.09. The lowest BCUT2D eigenvalue weighted by molar-refractivity contribution is 0.0528. The fourth-order valence-corrected chi connectivity index (χ4v) is 1.33. The highest BCUT2D eigenvalue weighted by molar-refractivity contribution is 6.00. The van der Waals surface area contributed by atoms with Crippen molar-refractivity contribution in [1.29, 1.82) is 0 Å². The minimum Gasteiger partial charge on any atom is -0.462 e. The topological polar surface area (TPSA) is 88.2 Å². The largest absolute Gasteiger partial charge is 0.462 e. The summed E-state index contributed by atoms with van der Waals surface area (Å²) in [4.78, 5) is 20.1. The van der Waals surface area contributed by atoms with E-state index in [1.807, 2.05) is 0 Å². The van der Waals surface area contributed by atoms with Crippen molar-refractivity contribution in [3.63, 3.8) is 0 Å². The van der Waals surface area contributed by atoms with Crippen molar-refractivity contribution in [2.24, 2.45) is 0 Å². The van der Waals surface area contributed by atoms with Gasteiger partial charge in [0.15, 0.2) is 0 Å². The van der Waals surface area contributed by atoms with E-state index < -0.39 is 5.97 Å². The lowest BCUT2D eigenvalue weighted by Gasteiger charge is -2.13. The van der Waals surface area contributed by atoms with Crippen LogP contribution in [0.1, 0.15) is 17.3 Å². The van der Waals surface area contributed by atoms with Crippen molar-refractivity contribution in [3.8, 4) is 0 Å². The van der Waals surface area contributed by atoms with E-state index in [0.29, 0.717) is 29.8 Å². The molecule has 0 aromatic carbocycles. The van der Waals surface area contributed by atoms with E-state index >= 15 is 0 Å². The molecule has 0 radical (unpaired) electrons. The zero-order valence-electron chi connectivity index (χ0n) is 10.4. The van der Waals surface area contributed by atoms with Crippen LogP contribution >= 0.6 is 0 Å². The average Bonchev–Trinajstić information content (AvgIpc) is 2.37. The van der Waals surface area contributed by atoms with Gasteiger partial charge in [-0.1, -0.05) is 0 Å². The van der Waals surface area contributed by atoms with Gasteiger partial charge in [-0.2, -0.15) is 9.97 Å². The lowest BCUT2D eigenvalue weighted by Crippen LogP contribution is -2.15. The molecule has 17 heavy (non-hydrogen) atoms. The van der Waals surface area contributed by atoms with E-state index in [-0.39, 0.29) is 0 Å². The van der Waals surface area contributed by atoms with Gasteiger partial charge in [-0.05, 0) is 6.92 Å². The van der Waals surface area contributed by atoms with Crippen LogP contribution < -0.4 is 16.0 Å². The summed E-state index contributed by atoms with van der Waals surface area (Å²) in [6.45, 7) is 2.05. The van der Waals surface area contributed by atoms with Crippen LogP contribution in [0.4, 0.5) is 17.6 Å². The van der Waals surface area contributed by atoms with Gasteiger partial charge in [-0.25, -0.2) is 4.79 Å². The minimum absolute atomic E-state index is 0.302. The Kier molecular flexibility index (Phi) is 4.50. The van der Waals surface area contributed by atoms with E-state index in [2.05, 4.69) is 25.9 Å². The molecule has 0 spiro atoms. The van der Waals surface area contributed by atoms with Crippen molar-refractivity contribution in [2.45, 2.75) is 6.92 Å². The Balaban J connectivity index is 3.29. The third kappa shape index (κ3) is 2.74. The normalized spacial score (nSPS) is 9.65. The number of carbonyl (C=O) groups excluding carboxylic acids is 1. The number of ether oxygens (including phenoxy) is 1. The molecule has 0 aliphatic rings. The van der Waals surface area contributed by atoms with Crippen LogP contribution in [0.15, 0.2) is 0 Å². The fraction of sp³-hybridized carbons (Fsp3) is 0.500. The number of aromatic nitrogens is 2. The molecule has 0 aliphatic carbocycles. The Labute approximate surface area is 100.0 Å². The Morgan fingerprint density at radius 3 is 2.00 bits per heavy atom. The molecule has 0 bridgehead atoms. The molecule has 0 aliphatic heterocycles. The second-order valence-electron chi connectivity index (χ2n) is 3.09. The van der Waals surface area contributed by atoms with Crippen molar-refractivity contribution < 1.29 is 9.53 Å². The molecule has 0 saturated carbocycles. The standard InChI is InChI=1S/C10H17N5O2/c1-5-17-9(16)6-7(11-2)14-10(13-4)15-8(6)12-3/h5H2,1-4H3,(H3,11,12,13,14,15). The quantitative estimate of drug-likeness (QED) is 0.654. The Morgan fingerprint density at radius 1 is 1.12 bits per heavy atom. The van der Waals surface area contributed by atoms with E-state index in [0.717, 1.165) is 0 Å². The summed E-state index contributed by atoms with van der Waals surface area (Å²) in [7, 11) is 5.08. The molecule has 0 atom stereocenters. The summed E-state index contributed by atoms with van der Waals surface area (Å²) >= 11 is 0. The number of carbonyl (C=O) groups is 1. The summed E-state index contributed by atoms with van der Waals surface area (Å²) in [6, 6.07) is 0. The SMILES string of the molecule is CCOC(=O)c1c(NC)nc(NC)nc1NC. The summed E-state index contributed by atoms with van der Waals surface area (Å²) in [5.41, 5.74) is 0.302. The number of nitrogens with one attached hydrogen (secondary N) is 3. The van der Waals surface area contributed by atoms with Crippen molar-refractivity contribution in [1.82, 2.24) is 9.97 Å². The van der Waals surface area contributed by atoms with Crippen LogP contribution in [0.2, 0.25) is 0 Å². The first-order valence-electron chi connectivity index (χ1n) is 5.30. The molecular weight excluding hydrogens is 222 g/mol. The first-order chi connectivity index (χ1) is 8.17. The van der Waals surface area contributed by atoms with Gasteiger partial charge in [-0.15, -0.1) is 0 Å². The molecule has 1 rings (SSSR count). The van der Waals surface area contributed by atoms with Gasteiger partial charge < -0.3 is 20.7 Å². The predicted molar refractivity (Wildman–Crippen MR) is 66.6 cm³/mol. The van der Waals surface area contributed by atoms with Crippen LogP contribution in [-0.4, -0.2) is 43.7 Å². The molecule has 7 heteroatoms. The van der Waals surface area contributed by atoms with Crippen LogP contribution in [0.3, 0.4) is 0 Å². The summed E-state index contributed by atoms with van der Waals surface area (Å²) in [5, 5.41) is 8.52. The van der Waals surface area contributed by atoms with Crippen molar-refractivity contribution in [3.05, 3.63) is 5.56 Å². The zero-order chi connectivity index (χ0) is 12.8. The minimum atomic E-state index is -0.455. The molecule has 1 aromatic heterocycles. The maximum atomic E-state index is 11.8. The summed E-state index contributed by atoms with van der Waals surface area (Å²) in [6.07, 6.45) is 0. The van der Waals surface area contributed by atoms with Crippen LogP contribution in [0.25, 0.3) is 0 Å². The van der Waals surface area contributed by atoms with Crippen LogP contribution in [0, 0.1) is 0 Å². The van der Waals surface area contributed by atoms with E-state index in [1.54, 1.807) is 28.1 Å². The highest BCUT2D eigenvalue weighted by atomic mass is 16.5. The molecule has 1 heterocycles. The monoisotopic (exact) mass is 239 g/mol. The molecule has 0 unspecified atom stereocenters. The van der Waals surface area contributed by atoms with E-state index in [1.165, 1.54) is 0 Å². The highest BCUT2D eigenvalue weighted by Gasteiger charge is 2.20. The summed E-state index contributed by atoms with van der Waals surface area (Å²) < 4.78 is 4.97. The second-order valence-corrected chi connectivity index (χ2v) is 3.09. The van der Waals surface area contributed by atoms with Gasteiger partial charge in [0.25, 0.3) is 0 Å². The maximum absolute atomic E-state index is 11.8. The first kappa shape index (κ1) is 13.0. The first-order valence-corrected chi connectivity index (χ1v) is 5.30. The summed E-state index contributed by atoms with van der Waals surface area (Å²) in [5.74, 6) is 0.815. The van der Waals surface area contributed by atoms with Crippen molar-refractivity contribution >= 4 is 23.6 Å². The molecule has 7 nitrogen and oxygen atoms in total. The van der Waals surface area contributed by atoms with Crippen molar-refractivity contribution in [2.75, 3.05) is 43.7 Å². The number of nitrogens with zero attached hydrogens (tertiary/aromatic N) is 2. The number of hydrogen-bond acceptors (Lipinski definition) is 7. The smallest absolute Gasteiger partial charge is 0.345 e. The molecule has 0 amide bonds. The average molecular weight is 239 g/mol. The number of hydrogen-bond donors (Lipinski definition) is 3. The van der Waals surface area contributed by atoms with Gasteiger partial charge in [0.2, 0.25) is 5.95 Å². The van der Waals surface area contributed by atoms with E-state index in [4.69, 9.17) is 4.74 Å². The highest BCUT2D eigenvalue weighted by Crippen LogP contribution is 2.23. The molecule has 1 aromatic rings. The van der Waals surface area contributed by atoms with E-state index in [9.17, 15) is 4.79 Å². The van der Waals surface area contributed by atoms with Crippen LogP contribution in [-0.2, 0) is 4.74 Å². The van der Waals surface area contributed by atoms with Crippen LogP contribution in [0.5, 0.6) is 0 Å². The predicted octanol–water partition coefficient (Wildman–Crippen LogP) is 0.778. The second kappa shape index (κ2) is 5.88. The Morgan fingerprint density at radius 2 is 1.65 bits per heavy atom. The number of esters is 1. The molecule has 0 fully saturated rings. The fourth-order valence-electron chi connectivity index (χ4n) is 1.33. The lowest BCUT2D eigenvalue weighted by atomic mass is 10.2. The number of anilines is 3.